The van der Waals surface area contributed by atoms with Crippen molar-refractivity contribution in [3.8, 4) is 0 Å². The summed E-state index contributed by atoms with van der Waals surface area (Å²) in [6, 6.07) is 1.98. The molecule has 84 valence electrons. The molecule has 0 aromatic carbocycles. The molecule has 0 aliphatic heterocycles. The second-order valence-corrected chi connectivity index (χ2v) is 5.42. The lowest BCUT2D eigenvalue weighted by molar-refractivity contribution is -0.105. The Balaban J connectivity index is 2.99. The quantitative estimate of drug-likeness (QED) is 0.760. The number of rotatable bonds is 5. The van der Waals surface area contributed by atoms with Gasteiger partial charge in [-0.2, -0.15) is 0 Å². The summed E-state index contributed by atoms with van der Waals surface area (Å²) in [6.45, 7) is 8.92. The molecule has 15 heavy (non-hydrogen) atoms. The van der Waals surface area contributed by atoms with Gasteiger partial charge in [0.15, 0.2) is 0 Å². The van der Waals surface area contributed by atoms with Gasteiger partial charge in [-0.25, -0.2) is 0 Å². The molecule has 0 aliphatic rings. The highest BCUT2D eigenvalue weighted by Crippen LogP contribution is 2.39. The van der Waals surface area contributed by atoms with Crippen LogP contribution < -0.4 is 5.32 Å². The third kappa shape index (κ3) is 2.81. The summed E-state index contributed by atoms with van der Waals surface area (Å²) in [6.07, 6.45) is 0.753. The van der Waals surface area contributed by atoms with Gasteiger partial charge in [-0.3, -0.25) is 4.79 Å². The van der Waals surface area contributed by atoms with Gasteiger partial charge in [-0.15, -0.1) is 11.3 Å². The predicted octanol–water partition coefficient (Wildman–Crippen LogP) is 3.71. The average Bonchev–Trinajstić information content (AvgIpc) is 2.53. The zero-order valence-electron chi connectivity index (χ0n) is 9.78. The minimum atomic E-state index is 0.521. The number of carbonyl (C=O) groups excluding carboxylic acids is 1. The smallest absolute Gasteiger partial charge is 0.211 e. The van der Waals surface area contributed by atoms with Crippen LogP contribution in [-0.2, 0) is 4.79 Å². The highest BCUT2D eigenvalue weighted by molar-refractivity contribution is 7.10. The molecule has 0 unspecified atom stereocenters. The Kier molecular flexibility index (Phi) is 4.33. The molecule has 1 rings (SSSR count). The number of hydrogen-bond donors (Lipinski definition) is 1. The lowest BCUT2D eigenvalue weighted by atomic mass is 9.84. The van der Waals surface area contributed by atoms with E-state index in [9.17, 15) is 4.79 Å². The third-order valence-corrected chi connectivity index (χ3v) is 3.67. The van der Waals surface area contributed by atoms with Gasteiger partial charge < -0.3 is 5.32 Å². The zero-order chi connectivity index (χ0) is 11.4. The molecule has 1 amide bonds. The van der Waals surface area contributed by atoms with Gasteiger partial charge >= 0.3 is 0 Å². The number of hydrogen-bond acceptors (Lipinski definition) is 2. The van der Waals surface area contributed by atoms with Crippen LogP contribution in [0, 0.1) is 11.8 Å². The Morgan fingerprint density at radius 1 is 1.27 bits per heavy atom. The molecule has 1 N–H and O–H groups in total. The molecule has 0 atom stereocenters. The van der Waals surface area contributed by atoms with E-state index in [2.05, 4.69) is 33.0 Å². The lowest BCUT2D eigenvalue weighted by Gasteiger charge is -2.24. The van der Waals surface area contributed by atoms with Crippen LogP contribution in [0.5, 0.6) is 0 Å². The van der Waals surface area contributed by atoms with Gasteiger partial charge in [0.05, 0.1) is 5.69 Å². The minimum absolute atomic E-state index is 0.521. The van der Waals surface area contributed by atoms with Gasteiger partial charge in [-0.1, -0.05) is 27.7 Å². The van der Waals surface area contributed by atoms with E-state index in [1.807, 2.05) is 11.4 Å². The number of thiophene rings is 1. The Labute approximate surface area is 95.7 Å². The first-order valence-electron chi connectivity index (χ1n) is 5.35. The fourth-order valence-electron chi connectivity index (χ4n) is 2.14. The Hall–Kier alpha value is -0.830. The van der Waals surface area contributed by atoms with E-state index in [0.29, 0.717) is 17.8 Å². The van der Waals surface area contributed by atoms with Crippen molar-refractivity contribution < 1.29 is 4.79 Å². The largest absolute Gasteiger partial charge is 0.328 e. The highest BCUT2D eigenvalue weighted by Gasteiger charge is 2.23. The first-order chi connectivity index (χ1) is 7.07. The maximum atomic E-state index is 10.5. The standard InChI is InChI=1S/C12H19NOS/c1-8(2)11(9(3)4)12-10(13-7-14)5-6-15-12/h5-9,11H,1-4H3,(H,13,14). The molecular formula is C12H19NOS. The first kappa shape index (κ1) is 12.2. The average molecular weight is 225 g/mol. The van der Waals surface area contributed by atoms with Gasteiger partial charge in [0.2, 0.25) is 6.41 Å². The SMILES string of the molecule is CC(C)C(c1sccc1NC=O)C(C)C. The molecule has 3 heteroatoms. The summed E-state index contributed by atoms with van der Waals surface area (Å²) in [5.74, 6) is 1.71. The highest BCUT2D eigenvalue weighted by atomic mass is 32.1. The third-order valence-electron chi connectivity index (χ3n) is 2.65. The number of amides is 1. The van der Waals surface area contributed by atoms with Crippen LogP contribution in [-0.4, -0.2) is 6.41 Å². The van der Waals surface area contributed by atoms with E-state index < -0.39 is 0 Å². The summed E-state index contributed by atoms with van der Waals surface area (Å²) in [5.41, 5.74) is 0.974. The summed E-state index contributed by atoms with van der Waals surface area (Å²) in [4.78, 5) is 11.8. The number of carbonyl (C=O) groups is 1. The summed E-state index contributed by atoms with van der Waals surface area (Å²) >= 11 is 1.73. The maximum Gasteiger partial charge on any atom is 0.211 e. The molecule has 0 saturated heterocycles. The first-order valence-corrected chi connectivity index (χ1v) is 6.23. The second-order valence-electron chi connectivity index (χ2n) is 4.47. The molecule has 0 fully saturated rings. The molecular weight excluding hydrogens is 206 g/mol. The molecule has 2 nitrogen and oxygen atoms in total. The summed E-state index contributed by atoms with van der Waals surface area (Å²) in [5, 5.41) is 4.82. The Morgan fingerprint density at radius 3 is 2.33 bits per heavy atom. The van der Waals surface area contributed by atoms with Gasteiger partial charge in [0.1, 0.15) is 0 Å². The second kappa shape index (κ2) is 5.31. The molecule has 0 bridgehead atoms. The van der Waals surface area contributed by atoms with Gasteiger partial charge in [-0.05, 0) is 29.2 Å². The lowest BCUT2D eigenvalue weighted by Crippen LogP contribution is -2.13. The van der Waals surface area contributed by atoms with Crippen LogP contribution in [0.1, 0.15) is 38.5 Å². The van der Waals surface area contributed by atoms with Crippen molar-refractivity contribution in [1.82, 2.24) is 0 Å². The normalized spacial score (nSPS) is 11.4. The van der Waals surface area contributed by atoms with Crippen LogP contribution >= 0.6 is 11.3 Å². The number of nitrogens with one attached hydrogen (secondary N) is 1. The molecule has 0 saturated carbocycles. The van der Waals surface area contributed by atoms with E-state index in [4.69, 9.17) is 0 Å². The van der Waals surface area contributed by atoms with Crippen molar-refractivity contribution in [1.29, 1.82) is 0 Å². The Morgan fingerprint density at radius 2 is 1.87 bits per heavy atom. The van der Waals surface area contributed by atoms with E-state index in [-0.39, 0.29) is 0 Å². The van der Waals surface area contributed by atoms with Crippen molar-refractivity contribution in [2.45, 2.75) is 33.6 Å². The fourth-order valence-corrected chi connectivity index (χ4v) is 3.44. The van der Waals surface area contributed by atoms with Gasteiger partial charge in [0, 0.05) is 4.88 Å². The van der Waals surface area contributed by atoms with E-state index in [1.54, 1.807) is 11.3 Å². The van der Waals surface area contributed by atoms with E-state index in [0.717, 1.165) is 12.1 Å². The molecule has 1 heterocycles. The van der Waals surface area contributed by atoms with Crippen molar-refractivity contribution in [3.63, 3.8) is 0 Å². The molecule has 0 spiro atoms. The maximum absolute atomic E-state index is 10.5. The topological polar surface area (TPSA) is 29.1 Å². The fraction of sp³-hybridized carbons (Fsp3) is 0.583. The zero-order valence-corrected chi connectivity index (χ0v) is 10.6. The van der Waals surface area contributed by atoms with Crippen LogP contribution in [0.2, 0.25) is 0 Å². The molecule has 1 aromatic rings. The Bertz CT molecular complexity index is 309. The van der Waals surface area contributed by atoms with Crippen molar-refractivity contribution in [2.75, 3.05) is 5.32 Å². The van der Waals surface area contributed by atoms with E-state index in [1.165, 1.54) is 4.88 Å². The van der Waals surface area contributed by atoms with Crippen LogP contribution in [0.15, 0.2) is 11.4 Å². The van der Waals surface area contributed by atoms with E-state index >= 15 is 0 Å². The molecule has 1 aromatic heterocycles. The summed E-state index contributed by atoms with van der Waals surface area (Å²) in [7, 11) is 0. The van der Waals surface area contributed by atoms with Crippen LogP contribution in [0.25, 0.3) is 0 Å². The minimum Gasteiger partial charge on any atom is -0.328 e. The summed E-state index contributed by atoms with van der Waals surface area (Å²) < 4.78 is 0. The molecule has 0 radical (unpaired) electrons. The van der Waals surface area contributed by atoms with Crippen molar-refractivity contribution in [2.24, 2.45) is 11.8 Å². The van der Waals surface area contributed by atoms with Crippen molar-refractivity contribution in [3.05, 3.63) is 16.3 Å². The monoisotopic (exact) mass is 225 g/mol. The molecule has 0 aliphatic carbocycles. The van der Waals surface area contributed by atoms with Crippen LogP contribution in [0.4, 0.5) is 5.69 Å². The van der Waals surface area contributed by atoms with Gasteiger partial charge in [0.25, 0.3) is 0 Å². The van der Waals surface area contributed by atoms with Crippen LogP contribution in [0.3, 0.4) is 0 Å². The van der Waals surface area contributed by atoms with Crippen molar-refractivity contribution >= 4 is 23.4 Å². The predicted molar refractivity (Wildman–Crippen MR) is 66.4 cm³/mol. The number of anilines is 1.